The summed E-state index contributed by atoms with van der Waals surface area (Å²) in [5.41, 5.74) is 3.38. The van der Waals surface area contributed by atoms with E-state index in [1.165, 1.54) is 6.39 Å². The summed E-state index contributed by atoms with van der Waals surface area (Å²) >= 11 is 0. The summed E-state index contributed by atoms with van der Waals surface area (Å²) in [6, 6.07) is 14.9. The molecule has 0 aliphatic carbocycles. The van der Waals surface area contributed by atoms with Gasteiger partial charge in [-0.2, -0.15) is 0 Å². The fourth-order valence-corrected chi connectivity index (χ4v) is 2.77. The molecule has 0 aliphatic heterocycles. The highest BCUT2D eigenvalue weighted by Gasteiger charge is 2.12. The largest absolute Gasteiger partial charge is 0.423 e. The van der Waals surface area contributed by atoms with Crippen molar-refractivity contribution in [2.45, 2.75) is 13.0 Å². The van der Waals surface area contributed by atoms with Gasteiger partial charge in [0.1, 0.15) is 0 Å². The van der Waals surface area contributed by atoms with Crippen LogP contribution in [0.5, 0.6) is 0 Å². The van der Waals surface area contributed by atoms with E-state index in [1.54, 1.807) is 36.8 Å². The van der Waals surface area contributed by atoms with Gasteiger partial charge >= 0.3 is 0 Å². The number of carbonyl (C=O) groups excluding carboxylic acids is 1. The van der Waals surface area contributed by atoms with E-state index in [4.69, 9.17) is 4.42 Å². The second-order valence-electron chi connectivity index (χ2n) is 6.08. The summed E-state index contributed by atoms with van der Waals surface area (Å²) in [7, 11) is 0. The minimum absolute atomic E-state index is 0.120. The van der Waals surface area contributed by atoms with E-state index in [9.17, 15) is 4.79 Å². The van der Waals surface area contributed by atoms with Gasteiger partial charge in [0.2, 0.25) is 12.3 Å². The van der Waals surface area contributed by atoms with Crippen molar-refractivity contribution in [1.29, 1.82) is 0 Å². The molecule has 0 fully saturated rings. The number of aromatic nitrogens is 4. The summed E-state index contributed by atoms with van der Waals surface area (Å²) in [6.07, 6.45) is 6.65. The van der Waals surface area contributed by atoms with Crippen LogP contribution in [0.15, 0.2) is 78.1 Å². The highest BCUT2D eigenvalue weighted by atomic mass is 16.4. The predicted octanol–water partition coefficient (Wildman–Crippen LogP) is 3.41. The average Bonchev–Trinajstić information content (AvgIpc) is 3.42. The first kappa shape index (κ1) is 16.7. The van der Waals surface area contributed by atoms with E-state index < -0.39 is 0 Å². The zero-order valence-electron chi connectivity index (χ0n) is 14.6. The van der Waals surface area contributed by atoms with Gasteiger partial charge in [-0.05, 0) is 48.9 Å². The van der Waals surface area contributed by atoms with E-state index in [1.807, 2.05) is 42.0 Å². The zero-order valence-corrected chi connectivity index (χ0v) is 14.6. The van der Waals surface area contributed by atoms with Gasteiger partial charge in [-0.15, -0.1) is 10.2 Å². The van der Waals surface area contributed by atoms with Gasteiger partial charge in [0, 0.05) is 29.2 Å². The van der Waals surface area contributed by atoms with Crippen LogP contribution in [0, 0.1) is 0 Å². The van der Waals surface area contributed by atoms with Gasteiger partial charge in [-0.3, -0.25) is 4.79 Å². The fraction of sp³-hybridized carbons (Fsp3) is 0.100. The zero-order chi connectivity index (χ0) is 18.6. The number of benzene rings is 2. The topological polar surface area (TPSA) is 85.8 Å². The lowest BCUT2D eigenvalue weighted by molar-refractivity contribution is 0.0940. The van der Waals surface area contributed by atoms with Gasteiger partial charge in [0.25, 0.3) is 5.91 Å². The van der Waals surface area contributed by atoms with Crippen LogP contribution in [-0.4, -0.2) is 25.7 Å². The molecule has 2 heterocycles. The van der Waals surface area contributed by atoms with Crippen molar-refractivity contribution in [2.75, 3.05) is 0 Å². The molecule has 1 N–H and O–H groups in total. The molecule has 0 bridgehead atoms. The molecule has 0 unspecified atom stereocenters. The van der Waals surface area contributed by atoms with Crippen molar-refractivity contribution in [3.8, 4) is 17.1 Å². The van der Waals surface area contributed by atoms with Crippen molar-refractivity contribution in [2.24, 2.45) is 0 Å². The van der Waals surface area contributed by atoms with E-state index in [0.717, 1.165) is 16.8 Å². The SMILES string of the molecule is C[C@@H](NC(=O)c1ccc(-c2nnco2)cc1)c1ccc(-n2ccnc2)cc1. The lowest BCUT2D eigenvalue weighted by Gasteiger charge is -2.15. The molecule has 134 valence electrons. The molecule has 1 amide bonds. The van der Waals surface area contributed by atoms with Gasteiger partial charge < -0.3 is 14.3 Å². The van der Waals surface area contributed by atoms with Gasteiger partial charge in [0.15, 0.2) is 0 Å². The Morgan fingerprint density at radius 2 is 1.89 bits per heavy atom. The van der Waals surface area contributed by atoms with Crippen LogP contribution in [0.4, 0.5) is 0 Å². The maximum absolute atomic E-state index is 12.5. The second-order valence-corrected chi connectivity index (χ2v) is 6.08. The van der Waals surface area contributed by atoms with Crippen molar-refractivity contribution in [3.63, 3.8) is 0 Å². The molecule has 4 rings (SSSR count). The summed E-state index contributed by atoms with van der Waals surface area (Å²) < 4.78 is 7.08. The molecule has 27 heavy (non-hydrogen) atoms. The second kappa shape index (κ2) is 7.25. The number of amides is 1. The number of carbonyl (C=O) groups is 1. The number of nitrogens with zero attached hydrogens (tertiary/aromatic N) is 4. The first-order valence-corrected chi connectivity index (χ1v) is 8.46. The molecule has 1 atom stereocenters. The van der Waals surface area contributed by atoms with Gasteiger partial charge in [0.05, 0.1) is 12.4 Å². The first-order chi connectivity index (χ1) is 13.2. The Morgan fingerprint density at radius 1 is 1.11 bits per heavy atom. The van der Waals surface area contributed by atoms with Gasteiger partial charge in [-0.25, -0.2) is 4.98 Å². The number of rotatable bonds is 5. The molecule has 0 spiro atoms. The number of hydrogen-bond acceptors (Lipinski definition) is 5. The quantitative estimate of drug-likeness (QED) is 0.590. The third-order valence-electron chi connectivity index (χ3n) is 4.30. The predicted molar refractivity (Wildman–Crippen MR) is 99.2 cm³/mol. The normalized spacial score (nSPS) is 11.9. The summed E-state index contributed by atoms with van der Waals surface area (Å²) in [5.74, 6) is 0.284. The van der Waals surface area contributed by atoms with Crippen LogP contribution in [0.1, 0.15) is 28.9 Å². The van der Waals surface area contributed by atoms with Crippen LogP contribution >= 0.6 is 0 Å². The maximum Gasteiger partial charge on any atom is 0.251 e. The smallest absolute Gasteiger partial charge is 0.251 e. The van der Waals surface area contributed by atoms with E-state index in [-0.39, 0.29) is 11.9 Å². The molecule has 0 saturated carbocycles. The Balaban J connectivity index is 1.43. The highest BCUT2D eigenvalue weighted by molar-refractivity contribution is 5.94. The number of nitrogens with one attached hydrogen (secondary N) is 1. The monoisotopic (exact) mass is 359 g/mol. The molecule has 0 saturated heterocycles. The molecule has 7 nitrogen and oxygen atoms in total. The van der Waals surface area contributed by atoms with Crippen LogP contribution in [-0.2, 0) is 0 Å². The van der Waals surface area contributed by atoms with Crippen molar-refractivity contribution in [1.82, 2.24) is 25.1 Å². The van der Waals surface area contributed by atoms with Crippen molar-refractivity contribution >= 4 is 5.91 Å². The van der Waals surface area contributed by atoms with Crippen molar-refractivity contribution < 1.29 is 9.21 Å². The Morgan fingerprint density at radius 3 is 2.52 bits per heavy atom. The average molecular weight is 359 g/mol. The van der Waals surface area contributed by atoms with E-state index >= 15 is 0 Å². The van der Waals surface area contributed by atoms with Gasteiger partial charge in [-0.1, -0.05) is 12.1 Å². The standard InChI is InChI=1S/C20H17N5O2/c1-14(15-6-8-18(9-7-15)25-11-10-21-12-25)23-19(26)16-2-4-17(5-3-16)20-24-22-13-27-20/h2-14H,1H3,(H,23,26)/t14-/m1/s1. The number of hydrogen-bond donors (Lipinski definition) is 1. The van der Waals surface area contributed by atoms with Crippen molar-refractivity contribution in [3.05, 3.63) is 84.8 Å². The lowest BCUT2D eigenvalue weighted by Crippen LogP contribution is -2.26. The highest BCUT2D eigenvalue weighted by Crippen LogP contribution is 2.19. The maximum atomic E-state index is 12.5. The van der Waals surface area contributed by atoms with Crippen LogP contribution in [0.3, 0.4) is 0 Å². The molecule has 7 heteroatoms. The summed E-state index contributed by atoms with van der Waals surface area (Å²) in [5, 5.41) is 10.5. The summed E-state index contributed by atoms with van der Waals surface area (Å²) in [6.45, 7) is 1.96. The van der Waals surface area contributed by atoms with E-state index in [0.29, 0.717) is 11.5 Å². The molecule has 0 radical (unpaired) electrons. The Kier molecular flexibility index (Phi) is 4.49. The molecule has 0 aliphatic rings. The third kappa shape index (κ3) is 3.62. The Hall–Kier alpha value is -3.74. The molecule has 4 aromatic rings. The van der Waals surface area contributed by atoms with E-state index in [2.05, 4.69) is 20.5 Å². The molecule has 2 aromatic heterocycles. The third-order valence-corrected chi connectivity index (χ3v) is 4.30. The minimum Gasteiger partial charge on any atom is -0.423 e. The van der Waals surface area contributed by atoms with Crippen LogP contribution in [0.2, 0.25) is 0 Å². The first-order valence-electron chi connectivity index (χ1n) is 8.46. The fourth-order valence-electron chi connectivity index (χ4n) is 2.77. The van der Waals surface area contributed by atoms with Crippen LogP contribution < -0.4 is 5.32 Å². The van der Waals surface area contributed by atoms with Crippen LogP contribution in [0.25, 0.3) is 17.1 Å². The molecular weight excluding hydrogens is 342 g/mol. The molecular formula is C20H17N5O2. The minimum atomic E-state index is -0.140. The Labute approximate surface area is 155 Å². The Bertz CT molecular complexity index is 1010. The lowest BCUT2D eigenvalue weighted by atomic mass is 10.1. The number of imidazole rings is 1. The molecule has 2 aromatic carbocycles. The summed E-state index contributed by atoms with van der Waals surface area (Å²) in [4.78, 5) is 16.5.